The quantitative estimate of drug-likeness (QED) is 0.786. The maximum Gasteiger partial charge on any atom is 0.251 e. The number of nitrogens with one attached hydrogen (secondary N) is 2. The monoisotopic (exact) mass is 344 g/mol. The van der Waals surface area contributed by atoms with Gasteiger partial charge in [0.05, 0.1) is 4.90 Å². The van der Waals surface area contributed by atoms with Crippen LogP contribution in [-0.4, -0.2) is 27.4 Å². The van der Waals surface area contributed by atoms with Crippen LogP contribution >= 0.6 is 0 Å². The molecule has 6 heteroatoms. The van der Waals surface area contributed by atoms with E-state index in [1.807, 2.05) is 12.1 Å². The first-order valence-electron chi connectivity index (χ1n) is 8.01. The second-order valence-electron chi connectivity index (χ2n) is 5.80. The smallest absolute Gasteiger partial charge is 0.251 e. The van der Waals surface area contributed by atoms with Crippen molar-refractivity contribution >= 4 is 15.9 Å². The lowest BCUT2D eigenvalue weighted by atomic mass is 10.1. The van der Waals surface area contributed by atoms with Crippen molar-refractivity contribution in [2.24, 2.45) is 0 Å². The van der Waals surface area contributed by atoms with Gasteiger partial charge in [0, 0.05) is 18.7 Å². The molecule has 126 valence electrons. The molecule has 1 amide bonds. The minimum Gasteiger partial charge on any atom is -0.351 e. The van der Waals surface area contributed by atoms with Crippen molar-refractivity contribution < 1.29 is 13.2 Å². The summed E-state index contributed by atoms with van der Waals surface area (Å²) in [7, 11) is -3.55. The van der Waals surface area contributed by atoms with Gasteiger partial charge in [0.1, 0.15) is 0 Å². The lowest BCUT2D eigenvalue weighted by Gasteiger charge is -2.09. The van der Waals surface area contributed by atoms with Crippen LogP contribution in [0.4, 0.5) is 0 Å². The van der Waals surface area contributed by atoms with Crippen molar-refractivity contribution in [2.75, 3.05) is 13.1 Å². The number of fused-ring (bicyclic) bond motifs is 1. The summed E-state index contributed by atoms with van der Waals surface area (Å²) >= 11 is 0. The van der Waals surface area contributed by atoms with Crippen LogP contribution in [0.1, 0.15) is 27.9 Å². The summed E-state index contributed by atoms with van der Waals surface area (Å²) in [6, 6.07) is 14.1. The van der Waals surface area contributed by atoms with Crippen LogP contribution in [-0.2, 0) is 22.9 Å². The zero-order valence-electron chi connectivity index (χ0n) is 13.3. The number of carbonyl (C=O) groups is 1. The SMILES string of the molecule is O=C(NCCNS(=O)(=O)c1ccc2c(c1)CCC2)c1ccccc1. The average Bonchev–Trinajstić information content (AvgIpc) is 3.07. The van der Waals surface area contributed by atoms with Crippen molar-refractivity contribution in [1.82, 2.24) is 10.0 Å². The first kappa shape index (κ1) is 16.7. The van der Waals surface area contributed by atoms with Crippen molar-refractivity contribution in [1.29, 1.82) is 0 Å². The molecular weight excluding hydrogens is 324 g/mol. The fraction of sp³-hybridized carbons (Fsp3) is 0.278. The van der Waals surface area contributed by atoms with E-state index >= 15 is 0 Å². The highest BCUT2D eigenvalue weighted by Crippen LogP contribution is 2.24. The Balaban J connectivity index is 1.53. The van der Waals surface area contributed by atoms with Gasteiger partial charge < -0.3 is 5.32 Å². The van der Waals surface area contributed by atoms with Crippen LogP contribution < -0.4 is 10.0 Å². The Kier molecular flexibility index (Phi) is 4.97. The minimum atomic E-state index is -3.55. The summed E-state index contributed by atoms with van der Waals surface area (Å²) in [5, 5.41) is 2.70. The highest BCUT2D eigenvalue weighted by atomic mass is 32.2. The predicted molar refractivity (Wildman–Crippen MR) is 92.4 cm³/mol. The van der Waals surface area contributed by atoms with Gasteiger partial charge in [-0.1, -0.05) is 24.3 Å². The number of aryl methyl sites for hydroxylation is 2. The second kappa shape index (κ2) is 7.15. The highest BCUT2D eigenvalue weighted by Gasteiger charge is 2.18. The Morgan fingerprint density at radius 2 is 1.71 bits per heavy atom. The number of amides is 1. The topological polar surface area (TPSA) is 75.3 Å². The van der Waals surface area contributed by atoms with E-state index in [1.165, 1.54) is 5.56 Å². The molecule has 2 aromatic rings. The number of sulfonamides is 1. The van der Waals surface area contributed by atoms with Crippen molar-refractivity contribution in [3.8, 4) is 0 Å². The summed E-state index contributed by atoms with van der Waals surface area (Å²) < 4.78 is 27.2. The standard InChI is InChI=1S/C18H20N2O3S/c21-18(15-5-2-1-3-6-15)19-11-12-20-24(22,23)17-10-9-14-7-4-8-16(14)13-17/h1-3,5-6,9-10,13,20H,4,7-8,11-12H2,(H,19,21). The minimum absolute atomic E-state index is 0.151. The van der Waals surface area contributed by atoms with Crippen LogP contribution in [0.25, 0.3) is 0 Å². The molecule has 0 aromatic heterocycles. The van der Waals surface area contributed by atoms with Crippen molar-refractivity contribution in [3.05, 3.63) is 65.2 Å². The van der Waals surface area contributed by atoms with E-state index < -0.39 is 10.0 Å². The number of hydrogen-bond acceptors (Lipinski definition) is 3. The Labute approximate surface area is 142 Å². The largest absolute Gasteiger partial charge is 0.351 e. The summed E-state index contributed by atoms with van der Waals surface area (Å²) in [5.41, 5.74) is 2.92. The van der Waals surface area contributed by atoms with E-state index in [0.29, 0.717) is 5.56 Å². The molecule has 0 radical (unpaired) electrons. The van der Waals surface area contributed by atoms with Gasteiger partial charge in [0.25, 0.3) is 5.91 Å². The Bertz CT molecular complexity index is 833. The molecule has 0 unspecified atom stereocenters. The molecule has 3 rings (SSSR count). The van der Waals surface area contributed by atoms with Gasteiger partial charge in [-0.05, 0) is 54.7 Å². The Morgan fingerprint density at radius 1 is 0.958 bits per heavy atom. The van der Waals surface area contributed by atoms with Crippen LogP contribution in [0.2, 0.25) is 0 Å². The third-order valence-electron chi connectivity index (χ3n) is 4.12. The number of benzene rings is 2. The molecule has 0 fully saturated rings. The molecular formula is C18H20N2O3S. The second-order valence-corrected chi connectivity index (χ2v) is 7.57. The fourth-order valence-corrected chi connectivity index (χ4v) is 3.93. The summed E-state index contributed by atoms with van der Waals surface area (Å²) in [5.74, 6) is -0.215. The maximum atomic E-state index is 12.3. The molecule has 0 atom stereocenters. The van der Waals surface area contributed by atoms with Gasteiger partial charge >= 0.3 is 0 Å². The fourth-order valence-electron chi connectivity index (χ4n) is 2.85. The van der Waals surface area contributed by atoms with Gasteiger partial charge in [-0.25, -0.2) is 13.1 Å². The molecule has 0 saturated heterocycles. The van der Waals surface area contributed by atoms with E-state index in [2.05, 4.69) is 10.0 Å². The lowest BCUT2D eigenvalue weighted by Crippen LogP contribution is -2.34. The first-order valence-corrected chi connectivity index (χ1v) is 9.49. The number of carbonyl (C=O) groups excluding carboxylic acids is 1. The molecule has 0 saturated carbocycles. The third-order valence-corrected chi connectivity index (χ3v) is 5.58. The third kappa shape index (κ3) is 3.83. The first-order chi connectivity index (χ1) is 11.6. The molecule has 1 aliphatic rings. The highest BCUT2D eigenvalue weighted by molar-refractivity contribution is 7.89. The Hall–Kier alpha value is -2.18. The van der Waals surface area contributed by atoms with Crippen LogP contribution in [0.3, 0.4) is 0 Å². The maximum absolute atomic E-state index is 12.3. The molecule has 0 aliphatic heterocycles. The molecule has 1 aliphatic carbocycles. The summed E-state index contributed by atoms with van der Waals surface area (Å²) in [6.07, 6.45) is 3.04. The molecule has 24 heavy (non-hydrogen) atoms. The predicted octanol–water partition coefficient (Wildman–Crippen LogP) is 1.88. The van der Waals surface area contributed by atoms with Crippen molar-refractivity contribution in [3.63, 3.8) is 0 Å². The van der Waals surface area contributed by atoms with E-state index in [0.717, 1.165) is 24.8 Å². The summed E-state index contributed by atoms with van der Waals surface area (Å²) in [6.45, 7) is 0.385. The van der Waals surface area contributed by atoms with Crippen LogP contribution in [0.15, 0.2) is 53.4 Å². The number of rotatable bonds is 6. The van der Waals surface area contributed by atoms with E-state index in [9.17, 15) is 13.2 Å². The lowest BCUT2D eigenvalue weighted by molar-refractivity contribution is 0.0954. The van der Waals surface area contributed by atoms with E-state index in [1.54, 1.807) is 36.4 Å². The van der Waals surface area contributed by atoms with Gasteiger partial charge in [0.15, 0.2) is 0 Å². The van der Waals surface area contributed by atoms with E-state index in [4.69, 9.17) is 0 Å². The van der Waals surface area contributed by atoms with Crippen LogP contribution in [0, 0.1) is 0 Å². The van der Waals surface area contributed by atoms with Gasteiger partial charge in [-0.2, -0.15) is 0 Å². The zero-order valence-corrected chi connectivity index (χ0v) is 14.1. The molecule has 2 aromatic carbocycles. The molecule has 0 heterocycles. The van der Waals surface area contributed by atoms with Gasteiger partial charge in [-0.3, -0.25) is 4.79 Å². The zero-order chi connectivity index (χ0) is 17.0. The summed E-state index contributed by atoms with van der Waals surface area (Å²) in [4.78, 5) is 12.2. The van der Waals surface area contributed by atoms with Crippen molar-refractivity contribution in [2.45, 2.75) is 24.2 Å². The molecule has 0 bridgehead atoms. The van der Waals surface area contributed by atoms with Crippen LogP contribution in [0.5, 0.6) is 0 Å². The molecule has 2 N–H and O–H groups in total. The number of hydrogen-bond donors (Lipinski definition) is 2. The van der Waals surface area contributed by atoms with Gasteiger partial charge in [0.2, 0.25) is 10.0 Å². The van der Waals surface area contributed by atoms with E-state index in [-0.39, 0.29) is 23.9 Å². The molecule has 0 spiro atoms. The molecule has 5 nitrogen and oxygen atoms in total. The Morgan fingerprint density at radius 3 is 2.50 bits per heavy atom. The van der Waals surface area contributed by atoms with Gasteiger partial charge in [-0.15, -0.1) is 0 Å². The normalized spacial score (nSPS) is 13.5. The average molecular weight is 344 g/mol.